The summed E-state index contributed by atoms with van der Waals surface area (Å²) >= 11 is 0. The Hall–Kier alpha value is -1.71. The number of hydrogen-bond donors (Lipinski definition) is 0. The zero-order valence-electron chi connectivity index (χ0n) is 7.81. The van der Waals surface area contributed by atoms with Crippen molar-refractivity contribution in [1.82, 2.24) is 14.4 Å². The van der Waals surface area contributed by atoms with Gasteiger partial charge in [-0.1, -0.05) is 5.21 Å². The van der Waals surface area contributed by atoms with Gasteiger partial charge in [-0.05, 0) is 12.1 Å². The highest BCUT2D eigenvalue weighted by molar-refractivity contribution is 7.90. The van der Waals surface area contributed by atoms with Crippen molar-refractivity contribution in [3.8, 4) is 0 Å². The molecule has 10 heteroatoms. The summed E-state index contributed by atoms with van der Waals surface area (Å²) in [5.41, 5.74) is -6.25. The van der Waals surface area contributed by atoms with Gasteiger partial charge in [0.1, 0.15) is 16.9 Å². The Bertz CT molecular complexity index is 676. The fourth-order valence-electron chi connectivity index (χ4n) is 1.15. The van der Waals surface area contributed by atoms with Crippen LogP contribution in [0.2, 0.25) is 0 Å². The highest BCUT2D eigenvalue weighted by Crippen LogP contribution is 2.27. The zero-order chi connectivity index (χ0) is 12.8. The first-order chi connectivity index (χ1) is 7.73. The van der Waals surface area contributed by atoms with Gasteiger partial charge in [-0.15, -0.1) is 9.19 Å². The molecule has 0 fully saturated rings. The number of halogens is 4. The molecule has 0 saturated carbocycles. The molecule has 92 valence electrons. The van der Waals surface area contributed by atoms with Gasteiger partial charge in [0.15, 0.2) is 0 Å². The molecule has 2 aromatic rings. The van der Waals surface area contributed by atoms with Gasteiger partial charge < -0.3 is 0 Å². The number of hydrogen-bond acceptors (Lipinski definition) is 4. The second-order valence-electron chi connectivity index (χ2n) is 3.02. The molecule has 5 nitrogen and oxygen atoms in total. The van der Waals surface area contributed by atoms with Crippen molar-refractivity contribution < 1.29 is 26.0 Å². The lowest BCUT2D eigenvalue weighted by molar-refractivity contribution is -0.0448. The number of rotatable bonds is 1. The van der Waals surface area contributed by atoms with Crippen LogP contribution in [0, 0.1) is 5.82 Å². The highest BCUT2D eigenvalue weighted by Gasteiger charge is 2.49. The van der Waals surface area contributed by atoms with E-state index in [2.05, 4.69) is 10.3 Å². The summed E-state index contributed by atoms with van der Waals surface area (Å²) in [7, 11) is -5.70. The molecule has 1 heterocycles. The molecular formula is C7H3F4N3O2S. The highest BCUT2D eigenvalue weighted by atomic mass is 32.2. The van der Waals surface area contributed by atoms with E-state index in [1.54, 1.807) is 0 Å². The number of aromatic nitrogens is 3. The topological polar surface area (TPSA) is 64.8 Å². The van der Waals surface area contributed by atoms with Crippen molar-refractivity contribution >= 4 is 21.1 Å². The summed E-state index contributed by atoms with van der Waals surface area (Å²) in [6, 6.07) is 2.57. The molecule has 0 aliphatic heterocycles. The predicted octanol–water partition coefficient (Wildman–Crippen LogP) is 1.27. The first kappa shape index (κ1) is 11.8. The summed E-state index contributed by atoms with van der Waals surface area (Å²) in [6.07, 6.45) is 0. The van der Waals surface area contributed by atoms with Crippen LogP contribution in [0.1, 0.15) is 0 Å². The van der Waals surface area contributed by atoms with Gasteiger partial charge in [-0.2, -0.15) is 21.6 Å². The molecule has 0 amide bonds. The molecule has 0 saturated heterocycles. The number of fused-ring (bicyclic) bond motifs is 1. The Morgan fingerprint density at radius 1 is 1.24 bits per heavy atom. The van der Waals surface area contributed by atoms with E-state index in [4.69, 9.17) is 0 Å². The number of alkyl halides is 3. The van der Waals surface area contributed by atoms with Crippen molar-refractivity contribution in [2.24, 2.45) is 0 Å². The monoisotopic (exact) mass is 269 g/mol. The third-order valence-electron chi connectivity index (χ3n) is 1.90. The average Bonchev–Trinajstić information content (AvgIpc) is 2.58. The molecule has 1 aromatic heterocycles. The lowest BCUT2D eigenvalue weighted by Gasteiger charge is -2.07. The van der Waals surface area contributed by atoms with E-state index in [0.717, 1.165) is 12.1 Å². The molecule has 1 aromatic carbocycles. The van der Waals surface area contributed by atoms with Gasteiger partial charge in [-0.3, -0.25) is 0 Å². The van der Waals surface area contributed by atoms with E-state index < -0.39 is 26.9 Å². The minimum atomic E-state index is -5.70. The normalized spacial score (nSPS) is 13.2. The molecule has 0 unspecified atom stereocenters. The zero-order valence-corrected chi connectivity index (χ0v) is 8.63. The summed E-state index contributed by atoms with van der Waals surface area (Å²) in [4.78, 5) is 0. The first-order valence-electron chi connectivity index (χ1n) is 4.06. The Balaban J connectivity index is 2.77. The maximum Gasteiger partial charge on any atom is 0.518 e. The fraction of sp³-hybridized carbons (Fsp3) is 0.143. The maximum absolute atomic E-state index is 12.8. The quantitative estimate of drug-likeness (QED) is 0.731. The SMILES string of the molecule is O=S(=O)(n1nnc2ccc(F)cc21)C(F)(F)F. The minimum absolute atomic E-state index is 0.153. The Labute approximate surface area is 91.7 Å². The number of benzene rings is 1. The van der Waals surface area contributed by atoms with Crippen molar-refractivity contribution in [3.05, 3.63) is 24.0 Å². The predicted molar refractivity (Wildman–Crippen MR) is 47.9 cm³/mol. The van der Waals surface area contributed by atoms with E-state index in [9.17, 15) is 26.0 Å². The Kier molecular flexibility index (Phi) is 2.35. The van der Waals surface area contributed by atoms with Crippen LogP contribution in [0.3, 0.4) is 0 Å². The molecule has 0 aliphatic carbocycles. The van der Waals surface area contributed by atoms with Gasteiger partial charge in [0.2, 0.25) is 0 Å². The second kappa shape index (κ2) is 3.39. The molecule has 17 heavy (non-hydrogen) atoms. The maximum atomic E-state index is 12.8. The van der Waals surface area contributed by atoms with Crippen LogP contribution in [-0.2, 0) is 10.0 Å². The fourth-order valence-corrected chi connectivity index (χ4v) is 1.88. The lowest BCUT2D eigenvalue weighted by atomic mass is 10.3. The molecule has 0 aliphatic rings. The van der Waals surface area contributed by atoms with E-state index >= 15 is 0 Å². The third-order valence-corrected chi connectivity index (χ3v) is 3.21. The molecule has 0 atom stereocenters. The Morgan fingerprint density at radius 2 is 1.88 bits per heavy atom. The van der Waals surface area contributed by atoms with Crippen molar-refractivity contribution in [2.45, 2.75) is 5.51 Å². The van der Waals surface area contributed by atoms with Crippen LogP contribution >= 0.6 is 0 Å². The van der Waals surface area contributed by atoms with Crippen LogP contribution in [0.5, 0.6) is 0 Å². The van der Waals surface area contributed by atoms with Gasteiger partial charge >= 0.3 is 15.5 Å². The number of nitrogens with zero attached hydrogens (tertiary/aromatic N) is 3. The summed E-state index contributed by atoms with van der Waals surface area (Å²) in [5, 5.41) is 6.07. The van der Waals surface area contributed by atoms with Crippen molar-refractivity contribution in [2.75, 3.05) is 0 Å². The van der Waals surface area contributed by atoms with Gasteiger partial charge in [-0.25, -0.2) is 4.39 Å². The van der Waals surface area contributed by atoms with Crippen molar-refractivity contribution in [1.29, 1.82) is 0 Å². The molecule has 0 radical (unpaired) electrons. The smallest absolute Gasteiger partial charge is 0.207 e. The van der Waals surface area contributed by atoms with Gasteiger partial charge in [0, 0.05) is 6.07 Å². The summed E-state index contributed by atoms with van der Waals surface area (Å²) in [5.74, 6) is -0.890. The van der Waals surface area contributed by atoms with E-state index in [1.807, 2.05) is 0 Å². The minimum Gasteiger partial charge on any atom is -0.207 e. The molecule has 0 N–H and O–H groups in total. The molecular weight excluding hydrogens is 266 g/mol. The first-order valence-corrected chi connectivity index (χ1v) is 5.50. The summed E-state index contributed by atoms with van der Waals surface area (Å²) in [6.45, 7) is 0. The van der Waals surface area contributed by atoms with E-state index in [-0.39, 0.29) is 9.60 Å². The average molecular weight is 269 g/mol. The molecule has 2 rings (SSSR count). The van der Waals surface area contributed by atoms with E-state index in [0.29, 0.717) is 6.07 Å². The third kappa shape index (κ3) is 1.73. The van der Waals surface area contributed by atoms with E-state index in [1.165, 1.54) is 0 Å². The van der Waals surface area contributed by atoms with Crippen LogP contribution in [0.15, 0.2) is 18.2 Å². The van der Waals surface area contributed by atoms with Crippen LogP contribution < -0.4 is 0 Å². The largest absolute Gasteiger partial charge is 0.518 e. The molecule has 0 bridgehead atoms. The van der Waals surface area contributed by atoms with Crippen LogP contribution in [0.4, 0.5) is 17.6 Å². The second-order valence-corrected chi connectivity index (χ2v) is 4.78. The van der Waals surface area contributed by atoms with Crippen LogP contribution in [-0.4, -0.2) is 28.3 Å². The van der Waals surface area contributed by atoms with Crippen LogP contribution in [0.25, 0.3) is 11.0 Å². The molecule has 0 spiro atoms. The standard InChI is InChI=1S/C7H3F4N3O2S/c8-4-1-2-5-6(3-4)14(13-12-5)17(15,16)7(9,10)11/h1-3H. The van der Waals surface area contributed by atoms with Gasteiger partial charge in [0.05, 0.1) is 0 Å². The summed E-state index contributed by atoms with van der Waals surface area (Å²) < 4.78 is 71.4. The van der Waals surface area contributed by atoms with Crippen molar-refractivity contribution in [3.63, 3.8) is 0 Å². The lowest BCUT2D eigenvalue weighted by Crippen LogP contribution is -2.30. The Morgan fingerprint density at radius 3 is 2.47 bits per heavy atom. The van der Waals surface area contributed by atoms with Gasteiger partial charge in [0.25, 0.3) is 0 Å².